The highest BCUT2D eigenvalue weighted by atomic mass is 32.2. The van der Waals surface area contributed by atoms with Gasteiger partial charge in [0.1, 0.15) is 5.82 Å². The highest BCUT2D eigenvalue weighted by Gasteiger charge is 2.53. The van der Waals surface area contributed by atoms with Gasteiger partial charge in [0.15, 0.2) is 9.84 Å². The number of hydrogen-bond acceptors (Lipinski definition) is 8. The lowest BCUT2D eigenvalue weighted by Gasteiger charge is -2.54. The Bertz CT molecular complexity index is 1530. The molecule has 1 saturated carbocycles. The Kier molecular flexibility index (Phi) is 9.76. The smallest absolute Gasteiger partial charge is 0.407 e. The molecule has 1 N–H and O–H groups in total. The van der Waals surface area contributed by atoms with E-state index in [1.54, 1.807) is 24.3 Å². The van der Waals surface area contributed by atoms with E-state index in [1.165, 1.54) is 13.5 Å². The van der Waals surface area contributed by atoms with Crippen molar-refractivity contribution in [1.82, 2.24) is 20.0 Å². The van der Waals surface area contributed by atoms with Crippen molar-refractivity contribution in [3.8, 4) is 0 Å². The van der Waals surface area contributed by atoms with Gasteiger partial charge in [-0.15, -0.1) is 0 Å². The number of piperidine rings is 1. The van der Waals surface area contributed by atoms with Crippen LogP contribution in [-0.4, -0.2) is 120 Å². The van der Waals surface area contributed by atoms with Crippen molar-refractivity contribution in [3.05, 3.63) is 59.9 Å². The minimum absolute atomic E-state index is 0.00932. The molecule has 0 bridgehead atoms. The van der Waals surface area contributed by atoms with Gasteiger partial charge in [0, 0.05) is 62.3 Å². The maximum atomic E-state index is 14.9. The Morgan fingerprint density at radius 2 is 1.67 bits per heavy atom. The lowest BCUT2D eigenvalue weighted by molar-refractivity contribution is 0.0223. The van der Waals surface area contributed by atoms with Crippen LogP contribution in [0.1, 0.15) is 44.1 Å². The molecule has 262 valence electrons. The zero-order valence-corrected chi connectivity index (χ0v) is 29.3. The number of ether oxygens (including phenoxy) is 1. The van der Waals surface area contributed by atoms with Gasteiger partial charge in [-0.1, -0.05) is 18.6 Å². The summed E-state index contributed by atoms with van der Waals surface area (Å²) in [5, 5.41) is 2.89. The molecular formula is C37H52FN5O4S. The van der Waals surface area contributed by atoms with Crippen molar-refractivity contribution in [2.24, 2.45) is 17.8 Å². The fourth-order valence-electron chi connectivity index (χ4n) is 9.51. The average Bonchev–Trinajstić information content (AvgIpc) is 3.49. The van der Waals surface area contributed by atoms with E-state index in [4.69, 9.17) is 4.74 Å². The van der Waals surface area contributed by atoms with E-state index < -0.39 is 9.84 Å². The topological polar surface area (TPSA) is 85.4 Å². The lowest BCUT2D eigenvalue weighted by Crippen LogP contribution is -2.60. The Hall–Kier alpha value is -2.73. The molecule has 4 heterocycles. The first-order valence-corrected chi connectivity index (χ1v) is 19.5. The fourth-order valence-corrected chi connectivity index (χ4v) is 11.3. The third-order valence-corrected chi connectivity index (χ3v) is 14.4. The van der Waals surface area contributed by atoms with Crippen LogP contribution in [0.3, 0.4) is 0 Å². The van der Waals surface area contributed by atoms with Gasteiger partial charge in [0.25, 0.3) is 0 Å². The number of rotatable bonds is 11. The van der Waals surface area contributed by atoms with Gasteiger partial charge in [0.05, 0.1) is 17.3 Å². The van der Waals surface area contributed by atoms with Crippen LogP contribution < -0.4 is 10.2 Å². The van der Waals surface area contributed by atoms with E-state index in [0.717, 1.165) is 95.7 Å². The summed E-state index contributed by atoms with van der Waals surface area (Å²) in [5.41, 5.74) is 1.93. The molecule has 48 heavy (non-hydrogen) atoms. The molecule has 11 heteroatoms. The number of methoxy groups -OCH3 is 1. The molecule has 9 nitrogen and oxygen atoms in total. The molecule has 5 fully saturated rings. The molecule has 3 atom stereocenters. The van der Waals surface area contributed by atoms with Crippen LogP contribution in [0.25, 0.3) is 0 Å². The molecule has 0 spiro atoms. The number of sulfone groups is 1. The molecule has 1 amide bonds. The standard InChI is InChI=1S/C37H52FN5O4S/c1-40-24-33(25-40)48(45,46)32-12-10-31(11-13-32)43-22-27(23-43)21-41-18-14-28(15-19-41)37(26-42-16-5-17-42,29-6-3-7-30(38)20-29)34-8-4-9-35(34)39-36(44)47-2/h3,6-7,10-13,20,27-28,33-35H,4-5,8-9,14-19,21-26H2,1-2H3,(H,39,44)/t34-,35-,37-/m0/s1. The number of carbonyl (C=O) groups excluding carboxylic acids is 1. The molecule has 0 aromatic heterocycles. The minimum Gasteiger partial charge on any atom is -0.453 e. The predicted octanol–water partition coefficient (Wildman–Crippen LogP) is 4.23. The van der Waals surface area contributed by atoms with Crippen molar-refractivity contribution in [2.45, 2.75) is 60.1 Å². The normalized spacial score (nSPS) is 26.4. The third kappa shape index (κ3) is 6.60. The number of carbonyl (C=O) groups is 1. The second-order valence-electron chi connectivity index (χ2n) is 15.2. The summed E-state index contributed by atoms with van der Waals surface area (Å²) >= 11 is 0. The molecule has 0 radical (unpaired) electrons. The summed E-state index contributed by atoms with van der Waals surface area (Å²) in [7, 11) is 0.110. The largest absolute Gasteiger partial charge is 0.453 e. The van der Waals surface area contributed by atoms with Gasteiger partial charge in [-0.25, -0.2) is 17.6 Å². The van der Waals surface area contributed by atoms with E-state index in [-0.39, 0.29) is 34.5 Å². The van der Waals surface area contributed by atoms with E-state index in [0.29, 0.717) is 29.8 Å². The molecule has 1 aliphatic carbocycles. The van der Waals surface area contributed by atoms with Gasteiger partial charge in [0.2, 0.25) is 0 Å². The van der Waals surface area contributed by atoms with Crippen molar-refractivity contribution >= 4 is 21.6 Å². The Morgan fingerprint density at radius 3 is 2.29 bits per heavy atom. The molecule has 2 aromatic rings. The Morgan fingerprint density at radius 1 is 0.938 bits per heavy atom. The SMILES string of the molecule is COC(=O)N[C@H]1CCC[C@@H]1[C@](CN1CCC1)(c1cccc(F)c1)C1CCN(CC2CN(c3ccc(S(=O)(=O)C4CN(C)C4)cc3)C2)CC1. The summed E-state index contributed by atoms with van der Waals surface area (Å²) in [6.45, 7) is 9.31. The van der Waals surface area contributed by atoms with Crippen LogP contribution >= 0.6 is 0 Å². The second kappa shape index (κ2) is 13.9. The number of likely N-dealkylation sites (tertiary alicyclic amines) is 3. The highest BCUT2D eigenvalue weighted by Crippen LogP contribution is 2.51. The zero-order chi connectivity index (χ0) is 33.5. The van der Waals surface area contributed by atoms with Gasteiger partial charge in [-0.2, -0.15) is 0 Å². The van der Waals surface area contributed by atoms with Crippen molar-refractivity contribution < 1.29 is 22.3 Å². The summed E-state index contributed by atoms with van der Waals surface area (Å²) in [4.78, 5) is 22.4. The first kappa shape index (κ1) is 33.8. The number of nitrogens with one attached hydrogen (secondary N) is 1. The first-order chi connectivity index (χ1) is 23.2. The molecule has 7 rings (SSSR count). The van der Waals surface area contributed by atoms with Gasteiger partial charge >= 0.3 is 6.09 Å². The van der Waals surface area contributed by atoms with Crippen LogP contribution in [-0.2, 0) is 20.0 Å². The summed E-state index contributed by atoms with van der Waals surface area (Å²) in [6, 6.07) is 14.8. The van der Waals surface area contributed by atoms with Gasteiger partial charge in [-0.05, 0) is 119 Å². The number of anilines is 1. The number of alkyl carbamates (subject to hydrolysis) is 1. The van der Waals surface area contributed by atoms with E-state index in [9.17, 15) is 17.6 Å². The molecular weight excluding hydrogens is 630 g/mol. The minimum atomic E-state index is -3.26. The number of amides is 1. The van der Waals surface area contributed by atoms with Crippen LogP contribution in [0.2, 0.25) is 0 Å². The molecule has 5 aliphatic rings. The maximum Gasteiger partial charge on any atom is 0.407 e. The summed E-state index contributed by atoms with van der Waals surface area (Å²) in [5.74, 6) is 0.986. The number of halogens is 1. The second-order valence-corrected chi connectivity index (χ2v) is 17.4. The van der Waals surface area contributed by atoms with Crippen LogP contribution in [0, 0.1) is 23.6 Å². The van der Waals surface area contributed by atoms with Crippen LogP contribution in [0.15, 0.2) is 53.4 Å². The van der Waals surface area contributed by atoms with Crippen molar-refractivity contribution in [2.75, 3.05) is 84.5 Å². The van der Waals surface area contributed by atoms with E-state index in [2.05, 4.69) is 26.1 Å². The Labute approximate surface area is 285 Å². The first-order valence-electron chi connectivity index (χ1n) is 18.0. The van der Waals surface area contributed by atoms with Crippen LogP contribution in [0.5, 0.6) is 0 Å². The molecule has 4 saturated heterocycles. The number of benzene rings is 2. The summed E-state index contributed by atoms with van der Waals surface area (Å²) in [6.07, 6.45) is 5.91. The van der Waals surface area contributed by atoms with Gasteiger partial charge < -0.3 is 29.7 Å². The van der Waals surface area contributed by atoms with E-state index in [1.807, 2.05) is 30.1 Å². The van der Waals surface area contributed by atoms with Crippen molar-refractivity contribution in [3.63, 3.8) is 0 Å². The van der Waals surface area contributed by atoms with Crippen LogP contribution in [0.4, 0.5) is 14.9 Å². The number of hydrogen-bond donors (Lipinski definition) is 1. The van der Waals surface area contributed by atoms with Crippen molar-refractivity contribution in [1.29, 1.82) is 0 Å². The van der Waals surface area contributed by atoms with E-state index >= 15 is 0 Å². The molecule has 0 unspecified atom stereocenters. The average molecular weight is 682 g/mol. The van der Waals surface area contributed by atoms with Gasteiger partial charge in [-0.3, -0.25) is 0 Å². The predicted molar refractivity (Wildman–Crippen MR) is 186 cm³/mol. The molecule has 2 aromatic carbocycles. The quantitative estimate of drug-likeness (QED) is 0.378. The lowest BCUT2D eigenvalue weighted by atomic mass is 9.57. The third-order valence-electron chi connectivity index (χ3n) is 12.3. The maximum absolute atomic E-state index is 14.9. The Balaban J connectivity index is 1.01. The fraction of sp³-hybridized carbons (Fsp3) is 0.649. The highest BCUT2D eigenvalue weighted by molar-refractivity contribution is 7.92. The monoisotopic (exact) mass is 681 g/mol. The summed E-state index contributed by atoms with van der Waals surface area (Å²) < 4.78 is 45.8. The zero-order valence-electron chi connectivity index (χ0n) is 28.5. The molecule has 4 aliphatic heterocycles. The number of nitrogens with zero attached hydrogens (tertiary/aromatic N) is 4.